The van der Waals surface area contributed by atoms with Crippen molar-refractivity contribution in [2.45, 2.75) is 32.8 Å². The highest BCUT2D eigenvalue weighted by Gasteiger charge is 2.27. The lowest BCUT2D eigenvalue weighted by atomic mass is 9.96. The zero-order valence-corrected chi connectivity index (χ0v) is 11.4. The SMILES string of the molecule is CCc1nnc(NC(=O)N2CCC(C)C(O)C2)s1. The van der Waals surface area contributed by atoms with E-state index in [0.717, 1.165) is 17.8 Å². The molecule has 1 aromatic rings. The first kappa shape index (κ1) is 13.2. The molecule has 0 bridgehead atoms. The topological polar surface area (TPSA) is 78.4 Å². The van der Waals surface area contributed by atoms with Gasteiger partial charge in [0.25, 0.3) is 0 Å². The van der Waals surface area contributed by atoms with Crippen LogP contribution in [0.5, 0.6) is 0 Å². The molecule has 0 saturated carbocycles. The van der Waals surface area contributed by atoms with Crippen LogP contribution in [0.1, 0.15) is 25.3 Å². The number of nitrogens with one attached hydrogen (secondary N) is 1. The van der Waals surface area contributed by atoms with E-state index in [9.17, 15) is 9.90 Å². The number of anilines is 1. The molecule has 7 heteroatoms. The van der Waals surface area contributed by atoms with Crippen LogP contribution in [0.2, 0.25) is 0 Å². The van der Waals surface area contributed by atoms with Gasteiger partial charge < -0.3 is 10.0 Å². The van der Waals surface area contributed by atoms with Crippen LogP contribution in [-0.2, 0) is 6.42 Å². The smallest absolute Gasteiger partial charge is 0.323 e. The maximum absolute atomic E-state index is 12.0. The van der Waals surface area contributed by atoms with Crippen molar-refractivity contribution < 1.29 is 9.90 Å². The normalized spacial score (nSPS) is 24.1. The number of piperidine rings is 1. The maximum atomic E-state index is 12.0. The maximum Gasteiger partial charge on any atom is 0.323 e. The third-order valence-corrected chi connectivity index (χ3v) is 4.17. The number of aliphatic hydroxyl groups is 1. The van der Waals surface area contributed by atoms with E-state index in [1.165, 1.54) is 11.3 Å². The van der Waals surface area contributed by atoms with Gasteiger partial charge in [0.05, 0.1) is 6.10 Å². The van der Waals surface area contributed by atoms with Gasteiger partial charge in [-0.1, -0.05) is 25.2 Å². The van der Waals surface area contributed by atoms with E-state index < -0.39 is 6.10 Å². The molecule has 2 amide bonds. The minimum atomic E-state index is -0.440. The molecular weight excluding hydrogens is 252 g/mol. The summed E-state index contributed by atoms with van der Waals surface area (Å²) in [6.07, 6.45) is 1.20. The van der Waals surface area contributed by atoms with Crippen molar-refractivity contribution in [2.24, 2.45) is 5.92 Å². The van der Waals surface area contributed by atoms with E-state index in [-0.39, 0.29) is 11.9 Å². The van der Waals surface area contributed by atoms with Crippen molar-refractivity contribution in [3.05, 3.63) is 5.01 Å². The Morgan fingerprint density at radius 2 is 2.39 bits per heavy atom. The molecule has 0 aromatic carbocycles. The standard InChI is InChI=1S/C11H18N4O2S/c1-3-9-13-14-10(18-9)12-11(17)15-5-4-7(2)8(16)6-15/h7-8,16H,3-6H2,1-2H3,(H,12,14,17). The average molecular weight is 270 g/mol. The van der Waals surface area contributed by atoms with E-state index in [2.05, 4.69) is 15.5 Å². The predicted molar refractivity (Wildman–Crippen MR) is 69.7 cm³/mol. The average Bonchev–Trinajstić information content (AvgIpc) is 2.80. The largest absolute Gasteiger partial charge is 0.391 e. The molecule has 1 aliphatic rings. The lowest BCUT2D eigenvalue weighted by Crippen LogP contribution is -2.47. The molecule has 100 valence electrons. The summed E-state index contributed by atoms with van der Waals surface area (Å²) < 4.78 is 0. The van der Waals surface area contributed by atoms with Crippen molar-refractivity contribution in [3.8, 4) is 0 Å². The van der Waals surface area contributed by atoms with Crippen LogP contribution in [0.15, 0.2) is 0 Å². The lowest BCUT2D eigenvalue weighted by molar-refractivity contribution is 0.0463. The summed E-state index contributed by atoms with van der Waals surface area (Å²) in [5.41, 5.74) is 0. The highest BCUT2D eigenvalue weighted by Crippen LogP contribution is 2.19. The second-order valence-corrected chi connectivity index (χ2v) is 5.63. The number of hydrogen-bond acceptors (Lipinski definition) is 5. The van der Waals surface area contributed by atoms with E-state index in [4.69, 9.17) is 0 Å². The minimum Gasteiger partial charge on any atom is -0.391 e. The molecule has 6 nitrogen and oxygen atoms in total. The molecule has 2 rings (SSSR count). The second kappa shape index (κ2) is 5.62. The molecule has 1 aliphatic heterocycles. The number of β-amino-alcohol motifs (C(OH)–C–C–N with tert-alkyl or cyclic N) is 1. The Hall–Kier alpha value is -1.21. The van der Waals surface area contributed by atoms with Gasteiger partial charge in [-0.05, 0) is 18.8 Å². The van der Waals surface area contributed by atoms with Gasteiger partial charge in [0, 0.05) is 13.1 Å². The van der Waals surface area contributed by atoms with E-state index in [0.29, 0.717) is 18.2 Å². The van der Waals surface area contributed by atoms with Gasteiger partial charge in [0.15, 0.2) is 0 Å². The van der Waals surface area contributed by atoms with Crippen LogP contribution >= 0.6 is 11.3 Å². The second-order valence-electron chi connectivity index (χ2n) is 4.56. The molecule has 1 saturated heterocycles. The Balaban J connectivity index is 1.91. The molecule has 2 heterocycles. The van der Waals surface area contributed by atoms with Crippen molar-refractivity contribution in [3.63, 3.8) is 0 Å². The lowest BCUT2D eigenvalue weighted by Gasteiger charge is -2.33. The van der Waals surface area contributed by atoms with Gasteiger partial charge in [0.1, 0.15) is 5.01 Å². The van der Waals surface area contributed by atoms with Crippen LogP contribution in [0, 0.1) is 5.92 Å². The number of amides is 2. The Morgan fingerprint density at radius 3 is 3.00 bits per heavy atom. The van der Waals surface area contributed by atoms with Gasteiger partial charge in [-0.15, -0.1) is 10.2 Å². The summed E-state index contributed by atoms with van der Waals surface area (Å²) in [6, 6.07) is -0.209. The summed E-state index contributed by atoms with van der Waals surface area (Å²) in [5.74, 6) is 0.252. The summed E-state index contributed by atoms with van der Waals surface area (Å²) in [5, 5.41) is 21.7. The van der Waals surface area contributed by atoms with Crippen LogP contribution in [0.3, 0.4) is 0 Å². The Morgan fingerprint density at radius 1 is 1.61 bits per heavy atom. The third kappa shape index (κ3) is 2.97. The first-order valence-corrected chi connectivity index (χ1v) is 6.98. The Labute approximate surface area is 110 Å². The zero-order chi connectivity index (χ0) is 13.1. The first-order valence-electron chi connectivity index (χ1n) is 6.16. The minimum absolute atomic E-state index is 0.209. The molecule has 0 spiro atoms. The highest BCUT2D eigenvalue weighted by atomic mass is 32.1. The number of carbonyl (C=O) groups excluding carboxylic acids is 1. The van der Waals surface area contributed by atoms with Crippen LogP contribution in [0.4, 0.5) is 9.93 Å². The van der Waals surface area contributed by atoms with E-state index in [1.807, 2.05) is 13.8 Å². The molecule has 18 heavy (non-hydrogen) atoms. The Bertz CT molecular complexity index is 423. The van der Waals surface area contributed by atoms with Gasteiger partial charge in [-0.2, -0.15) is 0 Å². The Kier molecular flexibility index (Phi) is 4.13. The molecule has 2 atom stereocenters. The predicted octanol–water partition coefficient (Wildman–Crippen LogP) is 1.34. The number of hydrogen-bond donors (Lipinski definition) is 2. The number of nitrogens with zero attached hydrogens (tertiary/aromatic N) is 3. The molecule has 1 aromatic heterocycles. The summed E-state index contributed by atoms with van der Waals surface area (Å²) in [4.78, 5) is 13.6. The van der Waals surface area contributed by atoms with Gasteiger partial charge in [-0.3, -0.25) is 5.32 Å². The van der Waals surface area contributed by atoms with Crippen molar-refractivity contribution in [1.82, 2.24) is 15.1 Å². The van der Waals surface area contributed by atoms with Crippen LogP contribution in [-0.4, -0.2) is 45.4 Å². The number of rotatable bonds is 2. The summed E-state index contributed by atoms with van der Waals surface area (Å²) >= 11 is 1.38. The third-order valence-electron chi connectivity index (χ3n) is 3.19. The highest BCUT2D eigenvalue weighted by molar-refractivity contribution is 7.15. The number of aryl methyl sites for hydroxylation is 1. The fraction of sp³-hybridized carbons (Fsp3) is 0.727. The molecule has 1 fully saturated rings. The van der Waals surface area contributed by atoms with Crippen molar-refractivity contribution in [2.75, 3.05) is 18.4 Å². The molecule has 0 radical (unpaired) electrons. The van der Waals surface area contributed by atoms with Crippen LogP contribution in [0.25, 0.3) is 0 Å². The molecule has 2 N–H and O–H groups in total. The van der Waals surface area contributed by atoms with Crippen molar-refractivity contribution in [1.29, 1.82) is 0 Å². The van der Waals surface area contributed by atoms with Gasteiger partial charge in [0.2, 0.25) is 5.13 Å². The van der Waals surface area contributed by atoms with Gasteiger partial charge in [-0.25, -0.2) is 4.79 Å². The summed E-state index contributed by atoms with van der Waals surface area (Å²) in [6.45, 7) is 5.04. The number of urea groups is 1. The number of carbonyl (C=O) groups is 1. The molecule has 0 aliphatic carbocycles. The summed E-state index contributed by atoms with van der Waals surface area (Å²) in [7, 11) is 0. The quantitative estimate of drug-likeness (QED) is 0.850. The number of likely N-dealkylation sites (tertiary alicyclic amines) is 1. The monoisotopic (exact) mass is 270 g/mol. The van der Waals surface area contributed by atoms with Crippen molar-refractivity contribution >= 4 is 22.5 Å². The zero-order valence-electron chi connectivity index (χ0n) is 10.6. The van der Waals surface area contributed by atoms with E-state index in [1.54, 1.807) is 4.90 Å². The van der Waals surface area contributed by atoms with E-state index >= 15 is 0 Å². The van der Waals surface area contributed by atoms with Crippen LogP contribution < -0.4 is 5.32 Å². The number of aromatic nitrogens is 2. The fourth-order valence-corrected chi connectivity index (χ4v) is 2.52. The molecule has 2 unspecified atom stereocenters. The number of aliphatic hydroxyl groups excluding tert-OH is 1. The molecular formula is C11H18N4O2S. The van der Waals surface area contributed by atoms with Gasteiger partial charge >= 0.3 is 6.03 Å². The first-order chi connectivity index (χ1) is 8.60. The fourth-order valence-electron chi connectivity index (χ4n) is 1.85.